The zero-order valence-corrected chi connectivity index (χ0v) is 15.2. The van der Waals surface area contributed by atoms with Crippen molar-refractivity contribution in [1.82, 2.24) is 9.97 Å². The van der Waals surface area contributed by atoms with Crippen LogP contribution in [-0.4, -0.2) is 9.97 Å². The van der Waals surface area contributed by atoms with E-state index in [1.165, 1.54) is 17.0 Å². The van der Waals surface area contributed by atoms with Crippen molar-refractivity contribution in [2.45, 2.75) is 13.0 Å². The summed E-state index contributed by atoms with van der Waals surface area (Å²) in [5.41, 5.74) is 0.979. The number of halogens is 2. The second-order valence-electron chi connectivity index (χ2n) is 6.08. The third-order valence-corrected chi connectivity index (χ3v) is 5.10. The zero-order chi connectivity index (χ0) is 18.8. The van der Waals surface area contributed by atoms with Gasteiger partial charge >= 0.3 is 0 Å². The van der Waals surface area contributed by atoms with Crippen LogP contribution in [0, 0.1) is 11.6 Å². The predicted molar refractivity (Wildman–Crippen MR) is 106 cm³/mol. The minimum Gasteiger partial charge on any atom is -0.362 e. The van der Waals surface area contributed by atoms with Crippen LogP contribution in [0.3, 0.4) is 0 Å². The Morgan fingerprint density at radius 3 is 2.48 bits per heavy atom. The first-order valence-corrected chi connectivity index (χ1v) is 9.26. The molecule has 2 N–H and O–H groups in total. The van der Waals surface area contributed by atoms with Crippen LogP contribution < -0.4 is 10.6 Å². The van der Waals surface area contributed by atoms with Gasteiger partial charge in [0.05, 0.1) is 11.6 Å². The van der Waals surface area contributed by atoms with E-state index < -0.39 is 11.6 Å². The molecule has 2 aromatic carbocycles. The molecule has 4 aromatic rings. The van der Waals surface area contributed by atoms with Crippen molar-refractivity contribution in [2.75, 3.05) is 10.6 Å². The maximum Gasteiger partial charge on any atom is 0.229 e. The van der Waals surface area contributed by atoms with Crippen LogP contribution in [0.2, 0.25) is 0 Å². The van der Waals surface area contributed by atoms with Crippen LogP contribution in [0.15, 0.2) is 60.0 Å². The maximum absolute atomic E-state index is 13.5. The molecule has 0 radical (unpaired) electrons. The quantitative estimate of drug-likeness (QED) is 0.452. The van der Waals surface area contributed by atoms with Gasteiger partial charge < -0.3 is 10.6 Å². The normalized spacial score (nSPS) is 12.1. The molecule has 0 saturated heterocycles. The van der Waals surface area contributed by atoms with Gasteiger partial charge in [0.15, 0.2) is 0 Å². The van der Waals surface area contributed by atoms with Crippen LogP contribution in [0.4, 0.5) is 26.2 Å². The summed E-state index contributed by atoms with van der Waals surface area (Å²) in [6.07, 6.45) is 0. The predicted octanol–water partition coefficient (Wildman–Crippen LogP) is 5.89. The highest BCUT2D eigenvalue weighted by molar-refractivity contribution is 7.10. The lowest BCUT2D eigenvalue weighted by molar-refractivity contribution is 0.584. The van der Waals surface area contributed by atoms with Crippen molar-refractivity contribution in [2.24, 2.45) is 0 Å². The monoisotopic (exact) mass is 382 g/mol. The molecule has 0 aliphatic heterocycles. The summed E-state index contributed by atoms with van der Waals surface area (Å²) in [7, 11) is 0. The number of para-hydroxylation sites is 1. The Labute approximate surface area is 158 Å². The van der Waals surface area contributed by atoms with Gasteiger partial charge in [-0.1, -0.05) is 18.2 Å². The number of thiophene rings is 1. The lowest BCUT2D eigenvalue weighted by Gasteiger charge is -2.16. The summed E-state index contributed by atoms with van der Waals surface area (Å²) in [5, 5.41) is 9.19. The third-order valence-electron chi connectivity index (χ3n) is 4.05. The van der Waals surface area contributed by atoms with E-state index in [4.69, 9.17) is 0 Å². The van der Waals surface area contributed by atoms with Crippen LogP contribution in [0.5, 0.6) is 0 Å². The Kier molecular flexibility index (Phi) is 4.68. The van der Waals surface area contributed by atoms with Gasteiger partial charge in [0.1, 0.15) is 17.5 Å². The first-order chi connectivity index (χ1) is 13.1. The Hall–Kier alpha value is -3.06. The molecule has 136 valence electrons. The number of nitrogens with zero attached hydrogens (tertiary/aromatic N) is 2. The molecule has 1 unspecified atom stereocenters. The van der Waals surface area contributed by atoms with E-state index in [0.717, 1.165) is 17.0 Å². The van der Waals surface area contributed by atoms with Crippen LogP contribution in [0.1, 0.15) is 17.8 Å². The van der Waals surface area contributed by atoms with E-state index in [9.17, 15) is 8.78 Å². The van der Waals surface area contributed by atoms with Gasteiger partial charge in [-0.05, 0) is 42.6 Å². The van der Waals surface area contributed by atoms with Crippen molar-refractivity contribution in [3.05, 3.63) is 76.5 Å². The molecule has 27 heavy (non-hydrogen) atoms. The molecule has 2 aromatic heterocycles. The van der Waals surface area contributed by atoms with Gasteiger partial charge in [-0.15, -0.1) is 11.3 Å². The van der Waals surface area contributed by atoms with Crippen LogP contribution in [-0.2, 0) is 0 Å². The zero-order valence-electron chi connectivity index (χ0n) is 14.4. The van der Waals surface area contributed by atoms with E-state index in [1.807, 2.05) is 35.7 Å². The molecule has 0 fully saturated rings. The number of benzene rings is 2. The smallest absolute Gasteiger partial charge is 0.229 e. The van der Waals surface area contributed by atoms with E-state index >= 15 is 0 Å². The number of hydrogen-bond acceptors (Lipinski definition) is 5. The first kappa shape index (κ1) is 17.4. The van der Waals surface area contributed by atoms with Gasteiger partial charge in [0.25, 0.3) is 0 Å². The fourth-order valence-corrected chi connectivity index (χ4v) is 3.55. The lowest BCUT2D eigenvalue weighted by atomic mass is 10.2. The largest absolute Gasteiger partial charge is 0.362 e. The molecule has 4 nitrogen and oxygen atoms in total. The molecular weight excluding hydrogens is 366 g/mol. The maximum atomic E-state index is 13.5. The van der Waals surface area contributed by atoms with Gasteiger partial charge in [-0.2, -0.15) is 4.98 Å². The third kappa shape index (κ3) is 3.88. The molecule has 0 saturated carbocycles. The molecule has 4 rings (SSSR count). The molecule has 0 spiro atoms. The molecule has 7 heteroatoms. The molecule has 2 heterocycles. The first-order valence-electron chi connectivity index (χ1n) is 8.38. The van der Waals surface area contributed by atoms with E-state index in [-0.39, 0.29) is 17.7 Å². The average molecular weight is 382 g/mol. The Balaban J connectivity index is 1.71. The SMILES string of the molecule is CC(Nc1nc(Nc2cc(F)cc(F)c2)nc2ccccc12)c1cccs1. The topological polar surface area (TPSA) is 49.8 Å². The molecule has 0 amide bonds. The Morgan fingerprint density at radius 1 is 0.963 bits per heavy atom. The van der Waals surface area contributed by atoms with Crippen molar-refractivity contribution >= 4 is 39.7 Å². The number of hydrogen-bond donors (Lipinski definition) is 2. The highest BCUT2D eigenvalue weighted by atomic mass is 32.1. The van der Waals surface area contributed by atoms with Crippen LogP contribution in [0.25, 0.3) is 10.9 Å². The molecule has 0 bridgehead atoms. The number of anilines is 3. The summed E-state index contributed by atoms with van der Waals surface area (Å²) in [5.74, 6) is -0.411. The highest BCUT2D eigenvalue weighted by Crippen LogP contribution is 2.28. The van der Waals surface area contributed by atoms with Gasteiger partial charge in [0, 0.05) is 22.0 Å². The fraction of sp³-hybridized carbons (Fsp3) is 0.100. The summed E-state index contributed by atoms with van der Waals surface area (Å²) in [4.78, 5) is 10.2. The highest BCUT2D eigenvalue weighted by Gasteiger charge is 2.13. The Morgan fingerprint density at radius 2 is 1.74 bits per heavy atom. The second kappa shape index (κ2) is 7.28. The van der Waals surface area contributed by atoms with Crippen molar-refractivity contribution in [3.8, 4) is 0 Å². The van der Waals surface area contributed by atoms with Crippen molar-refractivity contribution < 1.29 is 8.78 Å². The van der Waals surface area contributed by atoms with Crippen LogP contribution >= 0.6 is 11.3 Å². The molecular formula is C20H16F2N4S. The molecule has 0 aliphatic rings. The second-order valence-corrected chi connectivity index (χ2v) is 7.06. The molecule has 1 atom stereocenters. The van der Waals surface area contributed by atoms with Gasteiger partial charge in [-0.3, -0.25) is 0 Å². The summed E-state index contributed by atoms with van der Waals surface area (Å²) >= 11 is 1.66. The van der Waals surface area contributed by atoms with Gasteiger partial charge in [0.2, 0.25) is 5.95 Å². The van der Waals surface area contributed by atoms with Crippen molar-refractivity contribution in [3.63, 3.8) is 0 Å². The Bertz CT molecular complexity index is 1060. The van der Waals surface area contributed by atoms with Gasteiger partial charge in [-0.25, -0.2) is 13.8 Å². The lowest BCUT2D eigenvalue weighted by Crippen LogP contribution is -2.09. The fourth-order valence-electron chi connectivity index (χ4n) is 2.81. The standard InChI is InChI=1S/C20H16F2N4S/c1-12(18-7-4-8-27-18)23-19-16-5-2-3-6-17(16)25-20(26-19)24-15-10-13(21)9-14(22)11-15/h2-12H,1H3,(H2,23,24,25,26). The number of rotatable bonds is 5. The van der Waals surface area contributed by atoms with Crippen molar-refractivity contribution in [1.29, 1.82) is 0 Å². The average Bonchev–Trinajstić information content (AvgIpc) is 3.15. The number of nitrogens with one attached hydrogen (secondary N) is 2. The number of aromatic nitrogens is 2. The summed E-state index contributed by atoms with van der Waals surface area (Å²) in [6.45, 7) is 2.05. The van der Waals surface area contributed by atoms with E-state index in [2.05, 4.69) is 33.6 Å². The summed E-state index contributed by atoms with van der Waals surface area (Å²) < 4.78 is 26.9. The minimum atomic E-state index is -0.664. The molecule has 0 aliphatic carbocycles. The van der Waals surface area contributed by atoms with E-state index in [1.54, 1.807) is 11.3 Å². The minimum absolute atomic E-state index is 0.0581. The summed E-state index contributed by atoms with van der Waals surface area (Å²) in [6, 6.07) is 14.9. The van der Waals surface area contributed by atoms with E-state index in [0.29, 0.717) is 5.82 Å². The number of fused-ring (bicyclic) bond motifs is 1.